The van der Waals surface area contributed by atoms with E-state index in [4.69, 9.17) is 10.7 Å². The summed E-state index contributed by atoms with van der Waals surface area (Å²) in [6.07, 6.45) is 0.113. The van der Waals surface area contributed by atoms with Gasteiger partial charge >= 0.3 is 0 Å². The van der Waals surface area contributed by atoms with Crippen molar-refractivity contribution in [3.63, 3.8) is 0 Å². The number of carbonyl (C=O) groups excluding carboxylic acids is 1. The second-order valence-corrected chi connectivity index (χ2v) is 8.05. The molecule has 2 N–H and O–H groups in total. The number of nitrogens with two attached hydrogens (primary N) is 1. The zero-order valence-electron chi connectivity index (χ0n) is 15.8. The summed E-state index contributed by atoms with van der Waals surface area (Å²) in [7, 11) is 0. The number of aromatic nitrogens is 2. The van der Waals surface area contributed by atoms with Crippen molar-refractivity contribution in [3.8, 4) is 11.1 Å². The highest BCUT2D eigenvalue weighted by molar-refractivity contribution is 7.17. The van der Waals surface area contributed by atoms with E-state index in [0.29, 0.717) is 11.2 Å². The second-order valence-electron chi connectivity index (χ2n) is 7.19. The number of carbonyl (C=O) groups is 1. The molecule has 0 saturated heterocycles. The minimum absolute atomic E-state index is 0.0659. The summed E-state index contributed by atoms with van der Waals surface area (Å²) in [5.41, 5.74) is 7.07. The van der Waals surface area contributed by atoms with E-state index in [0.717, 1.165) is 26.7 Å². The summed E-state index contributed by atoms with van der Waals surface area (Å²) in [6.45, 7) is 4.23. The van der Waals surface area contributed by atoms with E-state index in [1.54, 1.807) is 4.57 Å². The Bertz CT molecular complexity index is 1250. The number of amides is 1. The van der Waals surface area contributed by atoms with Gasteiger partial charge in [-0.25, -0.2) is 4.98 Å². The summed E-state index contributed by atoms with van der Waals surface area (Å²) in [6, 6.07) is 14.3. The first-order valence-corrected chi connectivity index (χ1v) is 10.1. The largest absolute Gasteiger partial charge is 0.370 e. The molecule has 1 amide bonds. The molecular weight excluding hydrogens is 370 g/mol. The van der Waals surface area contributed by atoms with Gasteiger partial charge in [-0.15, -0.1) is 11.3 Å². The van der Waals surface area contributed by atoms with Crippen molar-refractivity contribution >= 4 is 38.2 Å². The van der Waals surface area contributed by atoms with E-state index in [9.17, 15) is 9.59 Å². The van der Waals surface area contributed by atoms with Crippen LogP contribution in [-0.4, -0.2) is 15.5 Å². The Kier molecular flexibility index (Phi) is 4.73. The number of hydrogen-bond acceptors (Lipinski definition) is 4. The van der Waals surface area contributed by atoms with Gasteiger partial charge in [-0.05, 0) is 22.4 Å². The van der Waals surface area contributed by atoms with Gasteiger partial charge in [-0.2, -0.15) is 0 Å². The highest BCUT2D eigenvalue weighted by Gasteiger charge is 2.19. The summed E-state index contributed by atoms with van der Waals surface area (Å²) in [4.78, 5) is 30.1. The van der Waals surface area contributed by atoms with Crippen molar-refractivity contribution < 1.29 is 4.79 Å². The maximum atomic E-state index is 13.4. The van der Waals surface area contributed by atoms with Crippen molar-refractivity contribution in [1.82, 2.24) is 9.55 Å². The Morgan fingerprint density at radius 1 is 1.18 bits per heavy atom. The van der Waals surface area contributed by atoms with E-state index in [1.165, 1.54) is 11.3 Å². The first-order chi connectivity index (χ1) is 13.5. The number of fused-ring (bicyclic) bond motifs is 2. The van der Waals surface area contributed by atoms with Gasteiger partial charge in [0.05, 0.1) is 5.39 Å². The van der Waals surface area contributed by atoms with Gasteiger partial charge in [-0.1, -0.05) is 50.2 Å². The topological polar surface area (TPSA) is 78.0 Å². The summed E-state index contributed by atoms with van der Waals surface area (Å²) < 4.78 is 1.61. The molecule has 5 nitrogen and oxygen atoms in total. The number of benzene rings is 2. The minimum atomic E-state index is -0.429. The first kappa shape index (κ1) is 18.4. The number of primary amides is 1. The van der Waals surface area contributed by atoms with Crippen LogP contribution >= 0.6 is 11.3 Å². The first-order valence-electron chi connectivity index (χ1n) is 9.25. The second kappa shape index (κ2) is 7.20. The molecule has 2 aromatic carbocycles. The van der Waals surface area contributed by atoms with E-state index >= 15 is 0 Å². The highest BCUT2D eigenvalue weighted by atomic mass is 32.1. The molecule has 0 aliphatic rings. The minimum Gasteiger partial charge on any atom is -0.370 e. The lowest BCUT2D eigenvalue weighted by atomic mass is 10.0. The van der Waals surface area contributed by atoms with Crippen LogP contribution < -0.4 is 11.3 Å². The molecule has 4 rings (SSSR count). The van der Waals surface area contributed by atoms with Crippen LogP contribution in [0.25, 0.3) is 32.1 Å². The van der Waals surface area contributed by atoms with Crippen LogP contribution in [-0.2, 0) is 11.3 Å². The maximum absolute atomic E-state index is 13.4. The smallest absolute Gasteiger partial charge is 0.262 e. The lowest BCUT2D eigenvalue weighted by Gasteiger charge is -2.14. The Labute approximate surface area is 166 Å². The molecule has 4 aromatic rings. The van der Waals surface area contributed by atoms with Gasteiger partial charge in [0.2, 0.25) is 5.91 Å². The third kappa shape index (κ3) is 3.20. The molecule has 0 aliphatic heterocycles. The molecule has 0 atom stereocenters. The fourth-order valence-corrected chi connectivity index (χ4v) is 4.43. The van der Waals surface area contributed by atoms with Gasteiger partial charge in [0.1, 0.15) is 10.7 Å². The predicted molar refractivity (Wildman–Crippen MR) is 115 cm³/mol. The van der Waals surface area contributed by atoms with Crippen LogP contribution in [0.4, 0.5) is 0 Å². The third-order valence-corrected chi connectivity index (χ3v) is 5.75. The molecule has 0 bridgehead atoms. The van der Waals surface area contributed by atoms with Crippen LogP contribution in [0.1, 0.15) is 32.0 Å². The number of hydrogen-bond donors (Lipinski definition) is 1. The molecule has 0 fully saturated rings. The van der Waals surface area contributed by atoms with E-state index in [-0.39, 0.29) is 24.4 Å². The zero-order valence-corrected chi connectivity index (χ0v) is 16.6. The van der Waals surface area contributed by atoms with Crippen LogP contribution in [0.15, 0.2) is 52.6 Å². The molecule has 0 saturated carbocycles. The average molecular weight is 391 g/mol. The van der Waals surface area contributed by atoms with Gasteiger partial charge in [0.15, 0.2) is 0 Å². The molecule has 0 unspecified atom stereocenters. The Balaban J connectivity index is 1.93. The quantitative estimate of drug-likeness (QED) is 0.552. The van der Waals surface area contributed by atoms with Crippen LogP contribution in [0.3, 0.4) is 0 Å². The lowest BCUT2D eigenvalue weighted by molar-refractivity contribution is -0.118. The maximum Gasteiger partial charge on any atom is 0.262 e. The molecule has 0 radical (unpaired) electrons. The molecule has 142 valence electrons. The van der Waals surface area contributed by atoms with Crippen molar-refractivity contribution in [2.24, 2.45) is 5.73 Å². The van der Waals surface area contributed by atoms with Crippen LogP contribution in [0.2, 0.25) is 0 Å². The SMILES string of the molecule is CC(C)c1nc2scc(-c3ccc4ccccc4c3)c2c(=O)n1CCC(N)=O. The summed E-state index contributed by atoms with van der Waals surface area (Å²) >= 11 is 1.48. The van der Waals surface area contributed by atoms with Gasteiger partial charge in [0.25, 0.3) is 5.56 Å². The Morgan fingerprint density at radius 3 is 2.64 bits per heavy atom. The number of thiophene rings is 1. The van der Waals surface area contributed by atoms with Gasteiger partial charge < -0.3 is 5.73 Å². The van der Waals surface area contributed by atoms with Crippen LogP contribution in [0.5, 0.6) is 0 Å². The predicted octanol–water partition coefficient (Wildman–Crippen LogP) is 4.28. The molecule has 6 heteroatoms. The molecular formula is C22H21N3O2S. The van der Waals surface area contributed by atoms with E-state index in [2.05, 4.69) is 24.3 Å². The van der Waals surface area contributed by atoms with Crippen molar-refractivity contribution in [2.75, 3.05) is 0 Å². The molecule has 0 spiro atoms. The fourth-order valence-electron chi connectivity index (χ4n) is 3.49. The van der Waals surface area contributed by atoms with Crippen LogP contribution in [0, 0.1) is 0 Å². The third-order valence-electron chi connectivity index (χ3n) is 4.88. The Morgan fingerprint density at radius 2 is 1.93 bits per heavy atom. The molecule has 2 aromatic heterocycles. The Hall–Kier alpha value is -2.99. The average Bonchev–Trinajstić information content (AvgIpc) is 3.10. The molecule has 2 heterocycles. The molecule has 0 aliphatic carbocycles. The summed E-state index contributed by atoms with van der Waals surface area (Å²) in [5, 5.41) is 4.88. The van der Waals surface area contributed by atoms with Gasteiger partial charge in [0, 0.05) is 29.8 Å². The lowest BCUT2D eigenvalue weighted by Crippen LogP contribution is -2.28. The van der Waals surface area contributed by atoms with Crippen molar-refractivity contribution in [2.45, 2.75) is 32.7 Å². The van der Waals surface area contributed by atoms with E-state index in [1.807, 2.05) is 37.4 Å². The normalized spacial score (nSPS) is 11.5. The highest BCUT2D eigenvalue weighted by Crippen LogP contribution is 2.33. The van der Waals surface area contributed by atoms with E-state index < -0.39 is 5.91 Å². The number of nitrogens with zero attached hydrogens (tertiary/aromatic N) is 2. The standard InChI is InChI=1S/C22H21N3O2S/c1-13(2)20-24-21-19(22(27)25(20)10-9-18(23)26)17(12-28-21)16-8-7-14-5-3-4-6-15(14)11-16/h3-8,11-13H,9-10H2,1-2H3,(H2,23,26). The molecule has 28 heavy (non-hydrogen) atoms. The van der Waals surface area contributed by atoms with Crippen molar-refractivity contribution in [1.29, 1.82) is 0 Å². The number of rotatable bonds is 5. The zero-order chi connectivity index (χ0) is 19.8. The monoisotopic (exact) mass is 391 g/mol. The fraction of sp³-hybridized carbons (Fsp3) is 0.227. The summed E-state index contributed by atoms with van der Waals surface area (Å²) in [5.74, 6) is 0.323. The van der Waals surface area contributed by atoms with Crippen molar-refractivity contribution in [3.05, 3.63) is 64.0 Å². The van der Waals surface area contributed by atoms with Gasteiger partial charge in [-0.3, -0.25) is 14.2 Å².